The van der Waals surface area contributed by atoms with E-state index in [2.05, 4.69) is 5.32 Å². The average Bonchev–Trinajstić information content (AvgIpc) is 1.87. The van der Waals surface area contributed by atoms with Gasteiger partial charge in [-0.2, -0.15) is 0 Å². The molecule has 66 valence electrons. The molecule has 0 amide bonds. The molecule has 1 spiro atoms. The standard InChI is InChI=1S/C8H14FN.ClH/c9-7-4-8(5-7)2-1-3-10-6-8;/h7,10H,1-6H2;1H. The third-order valence-electron chi connectivity index (χ3n) is 2.87. The van der Waals surface area contributed by atoms with Crippen LogP contribution in [0, 0.1) is 5.41 Å². The Bertz CT molecular complexity index is 119. The first-order chi connectivity index (χ1) is 4.81. The molecular weight excluding hydrogens is 165 g/mol. The zero-order valence-corrected chi connectivity index (χ0v) is 7.42. The molecule has 11 heavy (non-hydrogen) atoms. The Balaban J connectivity index is 0.000000605. The molecule has 0 aromatic rings. The summed E-state index contributed by atoms with van der Waals surface area (Å²) < 4.78 is 12.5. The number of nitrogens with one attached hydrogen (secondary N) is 1. The van der Waals surface area contributed by atoms with E-state index >= 15 is 0 Å². The summed E-state index contributed by atoms with van der Waals surface area (Å²) in [6.45, 7) is 2.20. The third kappa shape index (κ3) is 1.67. The quantitative estimate of drug-likeness (QED) is 0.599. The van der Waals surface area contributed by atoms with Crippen LogP contribution < -0.4 is 5.32 Å². The highest BCUT2D eigenvalue weighted by Crippen LogP contribution is 2.47. The molecule has 1 aliphatic carbocycles. The molecule has 2 rings (SSSR count). The molecule has 0 unspecified atom stereocenters. The molecule has 0 radical (unpaired) electrons. The maximum absolute atomic E-state index is 12.5. The molecule has 1 saturated carbocycles. The minimum atomic E-state index is -0.486. The van der Waals surface area contributed by atoms with E-state index in [-0.39, 0.29) is 12.4 Å². The van der Waals surface area contributed by atoms with Gasteiger partial charge in [-0.1, -0.05) is 0 Å². The Labute approximate surface area is 73.2 Å². The fourth-order valence-electron chi connectivity index (χ4n) is 2.26. The summed E-state index contributed by atoms with van der Waals surface area (Å²) in [7, 11) is 0. The van der Waals surface area contributed by atoms with Gasteiger partial charge in [-0.3, -0.25) is 0 Å². The molecule has 1 nitrogen and oxygen atoms in total. The fourth-order valence-corrected chi connectivity index (χ4v) is 2.26. The van der Waals surface area contributed by atoms with Crippen LogP contribution in [0.25, 0.3) is 0 Å². The summed E-state index contributed by atoms with van der Waals surface area (Å²) in [5, 5.41) is 3.33. The maximum Gasteiger partial charge on any atom is 0.101 e. The zero-order chi connectivity index (χ0) is 7.03. The minimum absolute atomic E-state index is 0. The normalized spacial score (nSPS) is 42.8. The second-order valence-electron chi connectivity index (χ2n) is 3.79. The van der Waals surface area contributed by atoms with Gasteiger partial charge >= 0.3 is 0 Å². The van der Waals surface area contributed by atoms with Crippen molar-refractivity contribution in [2.75, 3.05) is 13.1 Å². The summed E-state index contributed by atoms with van der Waals surface area (Å²) in [5.74, 6) is 0. The van der Waals surface area contributed by atoms with Gasteiger partial charge in [0.2, 0.25) is 0 Å². The topological polar surface area (TPSA) is 12.0 Å². The van der Waals surface area contributed by atoms with E-state index in [0.29, 0.717) is 5.41 Å². The van der Waals surface area contributed by atoms with Crippen molar-refractivity contribution in [2.24, 2.45) is 5.41 Å². The van der Waals surface area contributed by atoms with Crippen molar-refractivity contribution in [3.8, 4) is 0 Å². The molecular formula is C8H15ClFN. The Kier molecular flexibility index (Phi) is 2.76. The lowest BCUT2D eigenvalue weighted by atomic mass is 9.64. The van der Waals surface area contributed by atoms with E-state index in [4.69, 9.17) is 0 Å². The summed E-state index contributed by atoms with van der Waals surface area (Å²) in [5.41, 5.74) is 0.387. The van der Waals surface area contributed by atoms with Crippen molar-refractivity contribution in [3.05, 3.63) is 0 Å². The summed E-state index contributed by atoms with van der Waals surface area (Å²) in [6, 6.07) is 0. The zero-order valence-electron chi connectivity index (χ0n) is 6.61. The fraction of sp³-hybridized carbons (Fsp3) is 1.00. The lowest BCUT2D eigenvalue weighted by Gasteiger charge is -2.47. The van der Waals surface area contributed by atoms with Crippen molar-refractivity contribution in [2.45, 2.75) is 31.9 Å². The minimum Gasteiger partial charge on any atom is -0.316 e. The van der Waals surface area contributed by atoms with Gasteiger partial charge in [0.05, 0.1) is 0 Å². The van der Waals surface area contributed by atoms with Crippen LogP contribution >= 0.6 is 12.4 Å². The van der Waals surface area contributed by atoms with Crippen LogP contribution in [0.4, 0.5) is 4.39 Å². The van der Waals surface area contributed by atoms with Gasteiger partial charge in [-0.15, -0.1) is 12.4 Å². The van der Waals surface area contributed by atoms with Gasteiger partial charge in [0, 0.05) is 6.54 Å². The van der Waals surface area contributed by atoms with E-state index < -0.39 is 6.17 Å². The van der Waals surface area contributed by atoms with Crippen LogP contribution in [0.1, 0.15) is 25.7 Å². The number of halogens is 2. The number of alkyl halides is 1. The van der Waals surface area contributed by atoms with E-state index in [0.717, 1.165) is 25.9 Å². The van der Waals surface area contributed by atoms with Crippen LogP contribution in [-0.4, -0.2) is 19.3 Å². The first-order valence-corrected chi connectivity index (χ1v) is 4.16. The number of piperidine rings is 1. The maximum atomic E-state index is 12.5. The Hall–Kier alpha value is 0.180. The van der Waals surface area contributed by atoms with Crippen LogP contribution in [0.5, 0.6) is 0 Å². The molecule has 3 heteroatoms. The van der Waals surface area contributed by atoms with Gasteiger partial charge in [0.25, 0.3) is 0 Å². The van der Waals surface area contributed by atoms with E-state index in [1.54, 1.807) is 0 Å². The van der Waals surface area contributed by atoms with Gasteiger partial charge in [-0.05, 0) is 37.6 Å². The number of rotatable bonds is 0. The van der Waals surface area contributed by atoms with Gasteiger partial charge in [0.1, 0.15) is 6.17 Å². The molecule has 0 aromatic heterocycles. The Morgan fingerprint density at radius 3 is 2.55 bits per heavy atom. The summed E-state index contributed by atoms with van der Waals surface area (Å²) >= 11 is 0. The molecule has 0 aromatic carbocycles. The van der Waals surface area contributed by atoms with Crippen LogP contribution in [0.15, 0.2) is 0 Å². The molecule has 1 N–H and O–H groups in total. The lowest BCUT2D eigenvalue weighted by molar-refractivity contribution is 0.00513. The van der Waals surface area contributed by atoms with Crippen LogP contribution in [0.3, 0.4) is 0 Å². The van der Waals surface area contributed by atoms with Gasteiger partial charge < -0.3 is 5.32 Å². The molecule has 1 saturated heterocycles. The highest BCUT2D eigenvalue weighted by Gasteiger charge is 2.44. The van der Waals surface area contributed by atoms with Crippen molar-refractivity contribution < 1.29 is 4.39 Å². The molecule has 1 heterocycles. The third-order valence-corrected chi connectivity index (χ3v) is 2.87. The van der Waals surface area contributed by atoms with Gasteiger partial charge in [-0.25, -0.2) is 4.39 Å². The Morgan fingerprint density at radius 2 is 2.09 bits per heavy atom. The van der Waals surface area contributed by atoms with Crippen LogP contribution in [-0.2, 0) is 0 Å². The monoisotopic (exact) mass is 179 g/mol. The van der Waals surface area contributed by atoms with E-state index in [1.165, 1.54) is 12.8 Å². The molecule has 0 bridgehead atoms. The van der Waals surface area contributed by atoms with Crippen molar-refractivity contribution in [1.29, 1.82) is 0 Å². The smallest absolute Gasteiger partial charge is 0.101 e. The van der Waals surface area contributed by atoms with Crippen molar-refractivity contribution >= 4 is 12.4 Å². The first-order valence-electron chi connectivity index (χ1n) is 4.16. The van der Waals surface area contributed by atoms with E-state index in [1.807, 2.05) is 0 Å². The molecule has 2 aliphatic rings. The second kappa shape index (κ2) is 3.28. The first kappa shape index (κ1) is 9.27. The van der Waals surface area contributed by atoms with Crippen molar-refractivity contribution in [3.63, 3.8) is 0 Å². The highest BCUT2D eigenvalue weighted by molar-refractivity contribution is 5.85. The van der Waals surface area contributed by atoms with Crippen LogP contribution in [0.2, 0.25) is 0 Å². The number of hydrogen-bond acceptors (Lipinski definition) is 1. The predicted octanol–water partition coefficient (Wildman–Crippen LogP) is 1.91. The van der Waals surface area contributed by atoms with E-state index in [9.17, 15) is 4.39 Å². The average molecular weight is 180 g/mol. The molecule has 1 aliphatic heterocycles. The lowest BCUT2D eigenvalue weighted by Crippen LogP contribution is -2.49. The summed E-state index contributed by atoms with van der Waals surface area (Å²) in [4.78, 5) is 0. The largest absolute Gasteiger partial charge is 0.316 e. The number of hydrogen-bond donors (Lipinski definition) is 1. The molecule has 2 fully saturated rings. The predicted molar refractivity (Wildman–Crippen MR) is 45.9 cm³/mol. The summed E-state index contributed by atoms with van der Waals surface area (Å²) in [6.07, 6.45) is 3.65. The second-order valence-corrected chi connectivity index (χ2v) is 3.79. The highest BCUT2D eigenvalue weighted by atomic mass is 35.5. The van der Waals surface area contributed by atoms with Gasteiger partial charge in [0.15, 0.2) is 0 Å². The van der Waals surface area contributed by atoms with Crippen molar-refractivity contribution in [1.82, 2.24) is 5.32 Å². The molecule has 0 atom stereocenters. The SMILES string of the molecule is Cl.FC1CC2(CCCNC2)C1. The Morgan fingerprint density at radius 1 is 1.36 bits per heavy atom.